The van der Waals surface area contributed by atoms with Crippen LogP contribution in [0.3, 0.4) is 0 Å². The van der Waals surface area contributed by atoms with Crippen LogP contribution < -0.4 is 5.32 Å². The molecule has 5 nitrogen and oxygen atoms in total. The Morgan fingerprint density at radius 1 is 1.07 bits per heavy atom. The summed E-state index contributed by atoms with van der Waals surface area (Å²) in [6.07, 6.45) is 2.99. The van der Waals surface area contributed by atoms with E-state index >= 15 is 0 Å². The number of rotatable bonds is 5. The number of aliphatic hydroxyl groups excluding tert-OH is 1. The van der Waals surface area contributed by atoms with Crippen molar-refractivity contribution in [2.24, 2.45) is 0 Å². The highest BCUT2D eigenvalue weighted by Gasteiger charge is 2.16. The lowest BCUT2D eigenvalue weighted by Crippen LogP contribution is -2.15. The van der Waals surface area contributed by atoms with Crippen LogP contribution in [0.25, 0.3) is 33.4 Å². The van der Waals surface area contributed by atoms with E-state index in [0.29, 0.717) is 12.4 Å². The van der Waals surface area contributed by atoms with E-state index in [1.807, 2.05) is 24.3 Å². The third-order valence-electron chi connectivity index (χ3n) is 4.31. The minimum Gasteiger partial charge on any atom is -0.392 e. The van der Waals surface area contributed by atoms with Crippen molar-refractivity contribution in [2.45, 2.75) is 13.0 Å². The van der Waals surface area contributed by atoms with Crippen molar-refractivity contribution in [1.29, 1.82) is 0 Å². The minimum atomic E-state index is -0.470. The number of hydrogen-bond donors (Lipinski definition) is 3. The van der Waals surface area contributed by atoms with E-state index in [9.17, 15) is 9.50 Å². The molecule has 0 amide bonds. The summed E-state index contributed by atoms with van der Waals surface area (Å²) in [5.41, 5.74) is 5.34. The first kappa shape index (κ1) is 17.2. The molecule has 1 aromatic carbocycles. The molecule has 4 rings (SSSR count). The maximum atomic E-state index is 13.4. The van der Waals surface area contributed by atoms with Gasteiger partial charge in [-0.15, -0.1) is 0 Å². The average molecular weight is 362 g/mol. The lowest BCUT2D eigenvalue weighted by molar-refractivity contribution is 0.208. The summed E-state index contributed by atoms with van der Waals surface area (Å²) in [6.45, 7) is 2.13. The van der Waals surface area contributed by atoms with Gasteiger partial charge in [-0.2, -0.15) is 0 Å². The number of aliphatic hydroxyl groups is 1. The van der Waals surface area contributed by atoms with E-state index in [-0.39, 0.29) is 5.82 Å². The zero-order chi connectivity index (χ0) is 18.8. The van der Waals surface area contributed by atoms with Gasteiger partial charge in [0.2, 0.25) is 0 Å². The summed E-state index contributed by atoms with van der Waals surface area (Å²) in [5.74, 6) is 0.395. The minimum absolute atomic E-state index is 0.276. The van der Waals surface area contributed by atoms with Gasteiger partial charge in [-0.1, -0.05) is 12.1 Å². The first-order valence-corrected chi connectivity index (χ1v) is 8.73. The number of nitrogens with one attached hydrogen (secondary N) is 2. The van der Waals surface area contributed by atoms with Crippen LogP contribution in [-0.4, -0.2) is 32.7 Å². The van der Waals surface area contributed by atoms with Crippen LogP contribution in [0.5, 0.6) is 0 Å². The molecule has 0 fully saturated rings. The standard InChI is InChI=1S/C21H19FN4O/c1-13(27)12-25-18-11-15(8-10-23-18)20-19(14-4-6-16(22)7-5-14)21-17(26-20)3-2-9-24-21/h2-11,13,26-27H,12H2,1H3,(H,23,25)/t13-/m1/s1. The van der Waals surface area contributed by atoms with Gasteiger partial charge in [0.25, 0.3) is 0 Å². The second-order valence-corrected chi connectivity index (χ2v) is 6.44. The molecule has 0 aliphatic heterocycles. The molecule has 3 aromatic heterocycles. The van der Waals surface area contributed by atoms with Crippen molar-refractivity contribution >= 4 is 16.9 Å². The average Bonchev–Trinajstić information content (AvgIpc) is 3.07. The van der Waals surface area contributed by atoms with Crippen LogP contribution in [-0.2, 0) is 0 Å². The van der Waals surface area contributed by atoms with Gasteiger partial charge < -0.3 is 15.4 Å². The largest absolute Gasteiger partial charge is 0.392 e. The lowest BCUT2D eigenvalue weighted by atomic mass is 10.0. The van der Waals surface area contributed by atoms with Crippen molar-refractivity contribution in [3.8, 4) is 22.4 Å². The smallest absolute Gasteiger partial charge is 0.126 e. The Kier molecular flexibility index (Phi) is 4.56. The fourth-order valence-electron chi connectivity index (χ4n) is 3.07. The zero-order valence-electron chi connectivity index (χ0n) is 14.8. The van der Waals surface area contributed by atoms with Crippen LogP contribution in [0.4, 0.5) is 10.2 Å². The Balaban J connectivity index is 1.86. The van der Waals surface area contributed by atoms with Crippen molar-refractivity contribution in [3.63, 3.8) is 0 Å². The quantitative estimate of drug-likeness (QED) is 0.497. The number of aromatic nitrogens is 3. The predicted octanol–water partition coefficient (Wildman–Crippen LogP) is 4.22. The normalized spacial score (nSPS) is 12.3. The number of fused-ring (bicyclic) bond motifs is 1. The Bertz CT molecular complexity index is 1070. The second-order valence-electron chi connectivity index (χ2n) is 6.44. The van der Waals surface area contributed by atoms with Gasteiger partial charge in [-0.05, 0) is 48.9 Å². The molecule has 0 aliphatic carbocycles. The first-order chi connectivity index (χ1) is 13.1. The summed E-state index contributed by atoms with van der Waals surface area (Å²) in [4.78, 5) is 12.2. The Morgan fingerprint density at radius 2 is 1.89 bits per heavy atom. The van der Waals surface area contributed by atoms with Gasteiger partial charge in [0.05, 0.1) is 22.8 Å². The molecule has 3 heterocycles. The van der Waals surface area contributed by atoms with Gasteiger partial charge in [-0.3, -0.25) is 4.98 Å². The van der Waals surface area contributed by atoms with Crippen molar-refractivity contribution in [3.05, 3.63) is 66.7 Å². The highest BCUT2D eigenvalue weighted by molar-refractivity contribution is 6.01. The summed E-state index contributed by atoms with van der Waals surface area (Å²) in [5, 5.41) is 12.6. The van der Waals surface area contributed by atoms with Gasteiger partial charge in [0, 0.05) is 30.1 Å². The van der Waals surface area contributed by atoms with E-state index in [2.05, 4.69) is 20.3 Å². The van der Waals surface area contributed by atoms with E-state index in [0.717, 1.165) is 33.4 Å². The summed E-state index contributed by atoms with van der Waals surface area (Å²) < 4.78 is 13.4. The summed E-state index contributed by atoms with van der Waals surface area (Å²) in [7, 11) is 0. The Morgan fingerprint density at radius 3 is 2.67 bits per heavy atom. The predicted molar refractivity (Wildman–Crippen MR) is 105 cm³/mol. The molecule has 0 bridgehead atoms. The Labute approximate surface area is 155 Å². The maximum Gasteiger partial charge on any atom is 0.126 e. The number of nitrogens with zero attached hydrogens (tertiary/aromatic N) is 2. The molecule has 0 saturated carbocycles. The molecular formula is C21H19FN4O. The Hall–Kier alpha value is -3.25. The topological polar surface area (TPSA) is 73.8 Å². The summed E-state index contributed by atoms with van der Waals surface area (Å²) in [6, 6.07) is 14.1. The van der Waals surface area contributed by atoms with Crippen molar-refractivity contribution < 1.29 is 9.50 Å². The SMILES string of the molecule is C[C@@H](O)CNc1cc(-c2[nH]c3cccnc3c2-c2ccc(F)cc2)ccn1. The molecule has 136 valence electrons. The second kappa shape index (κ2) is 7.17. The van der Waals surface area contributed by atoms with Crippen molar-refractivity contribution in [2.75, 3.05) is 11.9 Å². The fourth-order valence-corrected chi connectivity index (χ4v) is 3.07. The van der Waals surface area contributed by atoms with Gasteiger partial charge >= 0.3 is 0 Å². The molecule has 0 saturated heterocycles. The summed E-state index contributed by atoms with van der Waals surface area (Å²) >= 11 is 0. The molecule has 6 heteroatoms. The molecule has 3 N–H and O–H groups in total. The number of halogens is 1. The molecular weight excluding hydrogens is 343 g/mol. The van der Waals surface area contributed by atoms with Gasteiger partial charge in [-0.25, -0.2) is 9.37 Å². The molecule has 0 aliphatic rings. The highest BCUT2D eigenvalue weighted by Crippen LogP contribution is 2.37. The van der Waals surface area contributed by atoms with Crippen LogP contribution in [0.15, 0.2) is 60.9 Å². The van der Waals surface area contributed by atoms with E-state index in [1.54, 1.807) is 31.5 Å². The zero-order valence-corrected chi connectivity index (χ0v) is 14.8. The van der Waals surface area contributed by atoms with Gasteiger partial charge in [0.1, 0.15) is 11.6 Å². The van der Waals surface area contributed by atoms with Crippen LogP contribution in [0, 0.1) is 5.82 Å². The number of H-pyrrole nitrogens is 1. The lowest BCUT2D eigenvalue weighted by Gasteiger charge is -2.10. The number of aromatic amines is 1. The third kappa shape index (κ3) is 3.52. The number of anilines is 1. The van der Waals surface area contributed by atoms with E-state index in [1.165, 1.54) is 12.1 Å². The van der Waals surface area contributed by atoms with Crippen LogP contribution in [0.2, 0.25) is 0 Å². The van der Waals surface area contributed by atoms with E-state index in [4.69, 9.17) is 0 Å². The monoisotopic (exact) mass is 362 g/mol. The number of benzene rings is 1. The van der Waals surface area contributed by atoms with Crippen LogP contribution >= 0.6 is 0 Å². The number of hydrogen-bond acceptors (Lipinski definition) is 4. The van der Waals surface area contributed by atoms with Crippen molar-refractivity contribution in [1.82, 2.24) is 15.0 Å². The molecule has 1 atom stereocenters. The fraction of sp³-hybridized carbons (Fsp3) is 0.143. The molecule has 0 spiro atoms. The molecule has 4 aromatic rings. The molecule has 0 radical (unpaired) electrons. The van der Waals surface area contributed by atoms with Gasteiger partial charge in [0.15, 0.2) is 0 Å². The van der Waals surface area contributed by atoms with E-state index < -0.39 is 6.10 Å². The molecule has 27 heavy (non-hydrogen) atoms. The molecule has 0 unspecified atom stereocenters. The maximum absolute atomic E-state index is 13.4. The highest BCUT2D eigenvalue weighted by atomic mass is 19.1. The third-order valence-corrected chi connectivity index (χ3v) is 4.31. The first-order valence-electron chi connectivity index (χ1n) is 8.73. The number of pyridine rings is 2. The van der Waals surface area contributed by atoms with Crippen LogP contribution in [0.1, 0.15) is 6.92 Å².